The van der Waals surface area contributed by atoms with Crippen molar-refractivity contribution in [3.63, 3.8) is 0 Å². The molecule has 0 saturated heterocycles. The van der Waals surface area contributed by atoms with Gasteiger partial charge in [0.05, 0.1) is 12.6 Å². The summed E-state index contributed by atoms with van der Waals surface area (Å²) >= 11 is 0. The quantitative estimate of drug-likeness (QED) is 0.777. The van der Waals surface area contributed by atoms with Gasteiger partial charge in [-0.3, -0.25) is 9.69 Å². The number of aromatic nitrogens is 3. The highest BCUT2D eigenvalue weighted by atomic mass is 16.5. The van der Waals surface area contributed by atoms with Crippen LogP contribution in [0, 0.1) is 6.92 Å². The molecule has 0 fully saturated rings. The number of carbonyl (C=O) groups excluding carboxylic acids is 1. The van der Waals surface area contributed by atoms with E-state index in [1.54, 1.807) is 25.4 Å². The molecule has 0 unspecified atom stereocenters. The highest BCUT2D eigenvalue weighted by Gasteiger charge is 2.22. The van der Waals surface area contributed by atoms with Crippen molar-refractivity contribution in [2.45, 2.75) is 20.8 Å². The minimum Gasteiger partial charge on any atom is -0.493 e. The predicted octanol–water partition coefficient (Wildman–Crippen LogP) is 3.23. The summed E-state index contributed by atoms with van der Waals surface area (Å²) in [6.07, 6.45) is 1.60. The summed E-state index contributed by atoms with van der Waals surface area (Å²) in [5.41, 5.74) is 7.62. The third-order valence-electron chi connectivity index (χ3n) is 3.66. The number of methoxy groups -OCH3 is 1. The standard InChI is InChI=1S/C17H17N5O2.C2H6/c1-10-6-7-12-11(9-10)14(21-17(18)20-12)16(23)22(2)15-13(24-3)5-4-8-19-15;1-2/h4-9H,1-3H3,(H2,18,20,21);1-2H3. The molecule has 0 aliphatic heterocycles. The van der Waals surface area contributed by atoms with E-state index in [4.69, 9.17) is 10.5 Å². The first-order valence-electron chi connectivity index (χ1n) is 8.32. The number of amides is 1. The van der Waals surface area contributed by atoms with E-state index >= 15 is 0 Å². The molecule has 7 heteroatoms. The summed E-state index contributed by atoms with van der Waals surface area (Å²) in [5.74, 6) is 0.617. The van der Waals surface area contributed by atoms with Crippen LogP contribution in [0.4, 0.5) is 11.8 Å². The van der Waals surface area contributed by atoms with Gasteiger partial charge in [0.1, 0.15) is 5.69 Å². The van der Waals surface area contributed by atoms with Crippen LogP contribution in [0.1, 0.15) is 29.9 Å². The van der Waals surface area contributed by atoms with Crippen LogP contribution in [0.5, 0.6) is 5.75 Å². The maximum Gasteiger partial charge on any atom is 0.278 e. The van der Waals surface area contributed by atoms with Crippen molar-refractivity contribution < 1.29 is 9.53 Å². The lowest BCUT2D eigenvalue weighted by atomic mass is 10.1. The molecule has 0 bridgehead atoms. The summed E-state index contributed by atoms with van der Waals surface area (Å²) in [5, 5.41) is 0.649. The SMILES string of the molecule is CC.COc1cccnc1N(C)C(=O)c1nc(N)nc2ccc(C)cc12. The lowest BCUT2D eigenvalue weighted by molar-refractivity contribution is 0.0988. The summed E-state index contributed by atoms with van der Waals surface area (Å²) in [6, 6.07) is 9.08. The van der Waals surface area contributed by atoms with Gasteiger partial charge in [0.25, 0.3) is 5.91 Å². The first kappa shape index (κ1) is 19.1. The topological polar surface area (TPSA) is 94.2 Å². The summed E-state index contributed by atoms with van der Waals surface area (Å²) in [4.78, 5) is 26.9. The van der Waals surface area contributed by atoms with Crippen molar-refractivity contribution in [2.24, 2.45) is 0 Å². The number of benzene rings is 1. The van der Waals surface area contributed by atoms with Gasteiger partial charge in [-0.15, -0.1) is 0 Å². The number of hydrogen-bond acceptors (Lipinski definition) is 6. The Hall–Kier alpha value is -3.22. The van der Waals surface area contributed by atoms with Crippen LogP contribution in [0.2, 0.25) is 0 Å². The van der Waals surface area contributed by atoms with E-state index in [0.29, 0.717) is 22.5 Å². The lowest BCUT2D eigenvalue weighted by Gasteiger charge is -2.19. The zero-order valence-electron chi connectivity index (χ0n) is 15.6. The Kier molecular flexibility index (Phi) is 6.06. The van der Waals surface area contributed by atoms with Gasteiger partial charge in [0.15, 0.2) is 11.6 Å². The number of pyridine rings is 1. The van der Waals surface area contributed by atoms with E-state index in [9.17, 15) is 4.79 Å². The van der Waals surface area contributed by atoms with E-state index in [1.807, 2.05) is 39.0 Å². The molecule has 0 spiro atoms. The fourth-order valence-electron chi connectivity index (χ4n) is 2.47. The van der Waals surface area contributed by atoms with Crippen molar-refractivity contribution >= 4 is 28.6 Å². The Bertz CT molecular complexity index is 927. The fourth-order valence-corrected chi connectivity index (χ4v) is 2.47. The maximum absolute atomic E-state index is 13.0. The lowest BCUT2D eigenvalue weighted by Crippen LogP contribution is -2.29. The van der Waals surface area contributed by atoms with Crippen LogP contribution < -0.4 is 15.4 Å². The third-order valence-corrected chi connectivity index (χ3v) is 3.66. The zero-order chi connectivity index (χ0) is 19.3. The fraction of sp³-hybridized carbons (Fsp3) is 0.263. The van der Waals surface area contributed by atoms with E-state index in [2.05, 4.69) is 15.0 Å². The molecule has 0 atom stereocenters. The van der Waals surface area contributed by atoms with E-state index < -0.39 is 0 Å². The molecule has 1 aromatic carbocycles. The maximum atomic E-state index is 13.0. The number of aryl methyl sites for hydroxylation is 1. The van der Waals surface area contributed by atoms with E-state index in [1.165, 1.54) is 12.0 Å². The number of fused-ring (bicyclic) bond motifs is 1. The van der Waals surface area contributed by atoms with Gasteiger partial charge >= 0.3 is 0 Å². The molecule has 0 aliphatic carbocycles. The van der Waals surface area contributed by atoms with Crippen molar-refractivity contribution in [2.75, 3.05) is 24.8 Å². The monoisotopic (exact) mass is 353 g/mol. The summed E-state index contributed by atoms with van der Waals surface area (Å²) in [7, 11) is 3.15. The summed E-state index contributed by atoms with van der Waals surface area (Å²) < 4.78 is 5.27. The molecule has 2 N–H and O–H groups in total. The Morgan fingerprint density at radius 1 is 1.19 bits per heavy atom. The second kappa shape index (κ2) is 8.24. The zero-order valence-corrected chi connectivity index (χ0v) is 15.6. The molecule has 3 aromatic rings. The van der Waals surface area contributed by atoms with Crippen LogP contribution in [-0.2, 0) is 0 Å². The predicted molar refractivity (Wildman–Crippen MR) is 104 cm³/mol. The molecule has 7 nitrogen and oxygen atoms in total. The molecule has 2 aromatic heterocycles. The molecule has 0 radical (unpaired) electrons. The van der Waals surface area contributed by atoms with Gasteiger partial charge in [-0.2, -0.15) is 0 Å². The van der Waals surface area contributed by atoms with Crippen molar-refractivity contribution in [1.29, 1.82) is 0 Å². The van der Waals surface area contributed by atoms with E-state index in [0.717, 1.165) is 5.56 Å². The largest absolute Gasteiger partial charge is 0.493 e. The molecule has 3 rings (SSSR count). The van der Waals surface area contributed by atoms with Gasteiger partial charge in [0, 0.05) is 18.6 Å². The highest BCUT2D eigenvalue weighted by Crippen LogP contribution is 2.26. The third kappa shape index (κ3) is 3.72. The van der Waals surface area contributed by atoms with Crippen molar-refractivity contribution in [3.8, 4) is 5.75 Å². The average Bonchev–Trinajstić information content (AvgIpc) is 2.68. The number of hydrogen-bond donors (Lipinski definition) is 1. The minimum absolute atomic E-state index is 0.0519. The van der Waals surface area contributed by atoms with Crippen molar-refractivity contribution in [1.82, 2.24) is 15.0 Å². The Morgan fingerprint density at radius 2 is 1.92 bits per heavy atom. The first-order chi connectivity index (χ1) is 12.5. The number of ether oxygens (including phenoxy) is 1. The van der Waals surface area contributed by atoms with Gasteiger partial charge in [-0.25, -0.2) is 15.0 Å². The number of carbonyl (C=O) groups is 1. The number of nitrogen functional groups attached to an aromatic ring is 1. The Balaban J connectivity index is 0.00000117. The second-order valence-electron chi connectivity index (χ2n) is 5.34. The van der Waals surface area contributed by atoms with Gasteiger partial charge in [-0.05, 0) is 31.2 Å². The molecule has 0 saturated carbocycles. The molecule has 26 heavy (non-hydrogen) atoms. The average molecular weight is 353 g/mol. The van der Waals surface area contributed by atoms with Crippen LogP contribution in [0.15, 0.2) is 36.5 Å². The van der Waals surface area contributed by atoms with Gasteiger partial charge in [0.2, 0.25) is 5.95 Å². The second-order valence-corrected chi connectivity index (χ2v) is 5.34. The van der Waals surface area contributed by atoms with Crippen LogP contribution in [0.3, 0.4) is 0 Å². The molecular weight excluding hydrogens is 330 g/mol. The molecule has 2 heterocycles. The van der Waals surface area contributed by atoms with E-state index in [-0.39, 0.29) is 17.5 Å². The Morgan fingerprint density at radius 3 is 2.62 bits per heavy atom. The molecule has 1 amide bonds. The van der Waals surface area contributed by atoms with Gasteiger partial charge in [-0.1, -0.05) is 25.5 Å². The number of nitrogens with zero attached hydrogens (tertiary/aromatic N) is 4. The Labute approximate surface area is 152 Å². The van der Waals surface area contributed by atoms with Crippen molar-refractivity contribution in [3.05, 3.63) is 47.8 Å². The first-order valence-corrected chi connectivity index (χ1v) is 8.32. The smallest absolute Gasteiger partial charge is 0.278 e. The normalized spacial score (nSPS) is 10.0. The highest BCUT2D eigenvalue weighted by molar-refractivity contribution is 6.12. The minimum atomic E-state index is -0.336. The number of rotatable bonds is 3. The summed E-state index contributed by atoms with van der Waals surface area (Å²) in [6.45, 7) is 5.94. The molecule has 0 aliphatic rings. The number of anilines is 2. The molecule has 136 valence electrons. The molecular formula is C19H23N5O2. The van der Waals surface area contributed by atoms with Crippen LogP contribution >= 0.6 is 0 Å². The number of nitrogens with two attached hydrogens (primary N) is 1. The van der Waals surface area contributed by atoms with Crippen LogP contribution in [0.25, 0.3) is 10.9 Å². The van der Waals surface area contributed by atoms with Crippen LogP contribution in [-0.4, -0.2) is 35.0 Å². The van der Waals surface area contributed by atoms with Gasteiger partial charge < -0.3 is 10.5 Å².